The molecule has 0 bridgehead atoms. The van der Waals surface area contributed by atoms with Crippen molar-refractivity contribution >= 4 is 23.2 Å². The molecule has 0 N–H and O–H groups in total. The number of hydrogen-bond donors (Lipinski definition) is 0. The molecule has 1 aliphatic carbocycles. The van der Waals surface area contributed by atoms with E-state index in [4.69, 9.17) is 4.74 Å². The second kappa shape index (κ2) is 8.09. The molecule has 0 aromatic carbocycles. The van der Waals surface area contributed by atoms with Gasteiger partial charge in [0.25, 0.3) is 5.91 Å². The van der Waals surface area contributed by atoms with Gasteiger partial charge in [0.2, 0.25) is 5.91 Å². The highest BCUT2D eigenvalue weighted by atomic mass is 32.1. The average Bonchev–Trinajstić information content (AvgIpc) is 2.92. The van der Waals surface area contributed by atoms with Crippen LogP contribution in [0.15, 0.2) is 6.07 Å². The Hall–Kier alpha value is -1.40. The Morgan fingerprint density at radius 3 is 2.46 bits per heavy atom. The van der Waals surface area contributed by atoms with Crippen molar-refractivity contribution in [1.82, 2.24) is 9.80 Å². The van der Waals surface area contributed by atoms with Crippen LogP contribution in [0.4, 0.5) is 0 Å². The first-order chi connectivity index (χ1) is 12.7. The number of amides is 2. The molecule has 4 rings (SSSR count). The van der Waals surface area contributed by atoms with Crippen molar-refractivity contribution in [3.05, 3.63) is 21.4 Å². The third kappa shape index (κ3) is 3.81. The fraction of sp³-hybridized carbons (Fsp3) is 0.700. The van der Waals surface area contributed by atoms with Crippen LogP contribution >= 0.6 is 11.3 Å². The van der Waals surface area contributed by atoms with E-state index in [1.165, 1.54) is 23.3 Å². The first-order valence-corrected chi connectivity index (χ1v) is 10.8. The van der Waals surface area contributed by atoms with Crippen molar-refractivity contribution in [3.8, 4) is 0 Å². The molecule has 2 amide bonds. The monoisotopic (exact) mass is 376 g/mol. The molecule has 2 aliphatic heterocycles. The molecular formula is C20H28N2O3S. The van der Waals surface area contributed by atoms with E-state index in [1.54, 1.807) is 11.3 Å². The van der Waals surface area contributed by atoms with E-state index in [-0.39, 0.29) is 11.8 Å². The fourth-order valence-corrected chi connectivity index (χ4v) is 5.49. The summed E-state index contributed by atoms with van der Waals surface area (Å²) in [6.07, 6.45) is 7.43. The van der Waals surface area contributed by atoms with E-state index >= 15 is 0 Å². The number of likely N-dealkylation sites (tertiary alicyclic amines) is 1. The van der Waals surface area contributed by atoms with Crippen molar-refractivity contribution in [3.63, 3.8) is 0 Å². The highest BCUT2D eigenvalue weighted by Crippen LogP contribution is 2.34. The van der Waals surface area contributed by atoms with Gasteiger partial charge in [-0.25, -0.2) is 0 Å². The van der Waals surface area contributed by atoms with Gasteiger partial charge in [-0.2, -0.15) is 0 Å². The zero-order chi connectivity index (χ0) is 17.9. The number of carbonyl (C=O) groups excluding carboxylic acids is 2. The van der Waals surface area contributed by atoms with E-state index in [0.717, 1.165) is 50.1 Å². The number of rotatable bonds is 2. The first kappa shape index (κ1) is 18.0. The number of morpholine rings is 1. The molecule has 0 unspecified atom stereocenters. The minimum Gasteiger partial charge on any atom is -0.378 e. The Morgan fingerprint density at radius 2 is 1.73 bits per heavy atom. The summed E-state index contributed by atoms with van der Waals surface area (Å²) in [7, 11) is 0. The molecule has 0 radical (unpaired) electrons. The van der Waals surface area contributed by atoms with Crippen LogP contribution in [-0.2, 0) is 22.4 Å². The number of ether oxygens (including phenoxy) is 1. The fourth-order valence-electron chi connectivity index (χ4n) is 4.31. The lowest BCUT2D eigenvalue weighted by Crippen LogP contribution is -2.40. The molecule has 1 atom stereocenters. The van der Waals surface area contributed by atoms with Crippen LogP contribution in [0.3, 0.4) is 0 Å². The second-order valence-electron chi connectivity index (χ2n) is 7.64. The zero-order valence-corrected chi connectivity index (χ0v) is 16.2. The molecule has 142 valence electrons. The largest absolute Gasteiger partial charge is 0.378 e. The Kier molecular flexibility index (Phi) is 5.60. The minimum absolute atomic E-state index is 0.0986. The van der Waals surface area contributed by atoms with E-state index in [0.29, 0.717) is 32.2 Å². The average molecular weight is 377 g/mol. The van der Waals surface area contributed by atoms with Gasteiger partial charge in [-0.05, 0) is 43.7 Å². The standard InChI is InChI=1S/C20H28N2O3S/c23-19(21-7-3-1-2-4-8-21)15-5-6-17-16(13-15)14-18(26-17)20(24)22-9-11-25-12-10-22/h14-15H,1-13H2/t15-/m0/s1. The van der Waals surface area contributed by atoms with Crippen LogP contribution in [0.25, 0.3) is 0 Å². The van der Waals surface area contributed by atoms with E-state index < -0.39 is 0 Å². The van der Waals surface area contributed by atoms with Crippen molar-refractivity contribution in [2.24, 2.45) is 5.92 Å². The van der Waals surface area contributed by atoms with Crippen molar-refractivity contribution in [2.45, 2.75) is 44.9 Å². The number of carbonyl (C=O) groups is 2. The summed E-state index contributed by atoms with van der Waals surface area (Å²) < 4.78 is 5.34. The Bertz CT molecular complexity index is 658. The number of fused-ring (bicyclic) bond motifs is 1. The molecule has 0 spiro atoms. The minimum atomic E-state index is 0.0986. The van der Waals surface area contributed by atoms with Crippen LogP contribution in [0.5, 0.6) is 0 Å². The quantitative estimate of drug-likeness (QED) is 0.797. The molecule has 6 heteroatoms. The van der Waals surface area contributed by atoms with Gasteiger partial charge in [0.05, 0.1) is 18.1 Å². The van der Waals surface area contributed by atoms with Crippen LogP contribution in [0, 0.1) is 5.92 Å². The van der Waals surface area contributed by atoms with E-state index in [2.05, 4.69) is 11.0 Å². The van der Waals surface area contributed by atoms with E-state index in [9.17, 15) is 9.59 Å². The second-order valence-corrected chi connectivity index (χ2v) is 8.78. The summed E-state index contributed by atoms with van der Waals surface area (Å²) in [5.41, 5.74) is 1.23. The molecule has 3 heterocycles. The summed E-state index contributed by atoms with van der Waals surface area (Å²) in [5, 5.41) is 0. The maximum atomic E-state index is 12.9. The van der Waals surface area contributed by atoms with Crippen LogP contribution in [0.2, 0.25) is 0 Å². The molecule has 5 nitrogen and oxygen atoms in total. The summed E-state index contributed by atoms with van der Waals surface area (Å²) in [6, 6.07) is 2.06. The lowest BCUT2D eigenvalue weighted by Gasteiger charge is -2.28. The molecule has 2 fully saturated rings. The van der Waals surface area contributed by atoms with Crippen molar-refractivity contribution < 1.29 is 14.3 Å². The third-order valence-corrected chi connectivity index (χ3v) is 7.08. The predicted octanol–water partition coefficient (Wildman–Crippen LogP) is 2.73. The van der Waals surface area contributed by atoms with Crippen molar-refractivity contribution in [2.75, 3.05) is 39.4 Å². The Labute approximate surface area is 159 Å². The number of nitrogens with zero attached hydrogens (tertiary/aromatic N) is 2. The smallest absolute Gasteiger partial charge is 0.264 e. The molecule has 2 saturated heterocycles. The normalized spacial score (nSPS) is 24.1. The molecule has 0 saturated carbocycles. The Morgan fingerprint density at radius 1 is 1.00 bits per heavy atom. The van der Waals surface area contributed by atoms with Crippen LogP contribution in [-0.4, -0.2) is 61.0 Å². The summed E-state index contributed by atoms with van der Waals surface area (Å²) in [6.45, 7) is 4.46. The van der Waals surface area contributed by atoms with Gasteiger partial charge >= 0.3 is 0 Å². The Balaban J connectivity index is 1.42. The van der Waals surface area contributed by atoms with Gasteiger partial charge in [0.1, 0.15) is 0 Å². The van der Waals surface area contributed by atoms with Crippen LogP contribution < -0.4 is 0 Å². The molecule has 3 aliphatic rings. The van der Waals surface area contributed by atoms with Gasteiger partial charge in [0.15, 0.2) is 0 Å². The molecule has 26 heavy (non-hydrogen) atoms. The molecular weight excluding hydrogens is 348 g/mol. The first-order valence-electron chi connectivity index (χ1n) is 10.00. The molecule has 1 aromatic heterocycles. The maximum absolute atomic E-state index is 12.9. The van der Waals surface area contributed by atoms with Crippen molar-refractivity contribution in [1.29, 1.82) is 0 Å². The van der Waals surface area contributed by atoms with Gasteiger partial charge in [-0.1, -0.05) is 12.8 Å². The summed E-state index contributed by atoms with van der Waals surface area (Å²) in [5.74, 6) is 0.564. The highest BCUT2D eigenvalue weighted by molar-refractivity contribution is 7.14. The lowest BCUT2D eigenvalue weighted by atomic mass is 9.87. The summed E-state index contributed by atoms with van der Waals surface area (Å²) in [4.78, 5) is 31.8. The topological polar surface area (TPSA) is 49.9 Å². The zero-order valence-electron chi connectivity index (χ0n) is 15.4. The third-order valence-electron chi connectivity index (χ3n) is 5.86. The predicted molar refractivity (Wildman–Crippen MR) is 102 cm³/mol. The van der Waals surface area contributed by atoms with E-state index in [1.807, 2.05) is 4.90 Å². The lowest BCUT2D eigenvalue weighted by molar-refractivity contribution is -0.135. The maximum Gasteiger partial charge on any atom is 0.264 e. The highest BCUT2D eigenvalue weighted by Gasteiger charge is 2.31. The number of thiophene rings is 1. The van der Waals surface area contributed by atoms with Crippen LogP contribution in [0.1, 0.15) is 52.2 Å². The van der Waals surface area contributed by atoms with Gasteiger partial charge < -0.3 is 14.5 Å². The van der Waals surface area contributed by atoms with Gasteiger partial charge in [-0.3, -0.25) is 9.59 Å². The number of hydrogen-bond acceptors (Lipinski definition) is 4. The SMILES string of the molecule is O=C(c1cc2c(s1)CC[C@H](C(=O)N1CCCCCC1)C2)N1CCOCC1. The van der Waals surface area contributed by atoms with Gasteiger partial charge in [-0.15, -0.1) is 11.3 Å². The van der Waals surface area contributed by atoms with Gasteiger partial charge in [0, 0.05) is 37.0 Å². The molecule has 1 aromatic rings. The number of aryl methyl sites for hydroxylation is 1. The summed E-state index contributed by atoms with van der Waals surface area (Å²) >= 11 is 1.63.